The highest BCUT2D eigenvalue weighted by Crippen LogP contribution is 2.37. The van der Waals surface area contributed by atoms with Gasteiger partial charge in [0.15, 0.2) is 0 Å². The fourth-order valence-corrected chi connectivity index (χ4v) is 3.61. The number of hydrogen-bond donors (Lipinski definition) is 0. The predicted molar refractivity (Wildman–Crippen MR) is 101 cm³/mol. The highest BCUT2D eigenvalue weighted by atomic mass is 16.6. The molecule has 0 aromatic heterocycles. The molecule has 2 heterocycles. The summed E-state index contributed by atoms with van der Waals surface area (Å²) in [5, 5.41) is 10.8. The van der Waals surface area contributed by atoms with Crippen molar-refractivity contribution in [3.05, 3.63) is 82.0 Å². The Bertz CT molecular complexity index is 1030. The van der Waals surface area contributed by atoms with E-state index < -0.39 is 34.7 Å². The summed E-state index contributed by atoms with van der Waals surface area (Å²) in [6.45, 7) is 0. The third-order valence-electron chi connectivity index (χ3n) is 4.97. The van der Waals surface area contributed by atoms with Crippen LogP contribution in [0.2, 0.25) is 0 Å². The van der Waals surface area contributed by atoms with Crippen LogP contribution in [0, 0.1) is 10.1 Å². The molecule has 9 nitrogen and oxygen atoms in total. The molecular weight excluding hydrogens is 378 g/mol. The van der Waals surface area contributed by atoms with Crippen LogP contribution in [0.5, 0.6) is 5.75 Å². The van der Waals surface area contributed by atoms with E-state index in [0.29, 0.717) is 17.6 Å². The molecule has 1 fully saturated rings. The number of nitro groups is 1. The van der Waals surface area contributed by atoms with Crippen LogP contribution in [0.15, 0.2) is 60.8 Å². The van der Waals surface area contributed by atoms with Crippen LogP contribution in [0.25, 0.3) is 0 Å². The van der Waals surface area contributed by atoms with Crippen molar-refractivity contribution >= 4 is 23.4 Å². The molecule has 3 amide bonds. The highest BCUT2D eigenvalue weighted by molar-refractivity contribution is 6.24. The van der Waals surface area contributed by atoms with Gasteiger partial charge in [-0.1, -0.05) is 12.1 Å². The van der Waals surface area contributed by atoms with Gasteiger partial charge >= 0.3 is 0 Å². The molecule has 2 aliphatic heterocycles. The molecule has 2 atom stereocenters. The van der Waals surface area contributed by atoms with E-state index >= 15 is 0 Å². The van der Waals surface area contributed by atoms with Crippen molar-refractivity contribution in [1.29, 1.82) is 0 Å². The molecular formula is C20H15N3O6. The van der Waals surface area contributed by atoms with Gasteiger partial charge in [-0.15, -0.1) is 0 Å². The van der Waals surface area contributed by atoms with E-state index in [4.69, 9.17) is 4.74 Å². The molecule has 2 aliphatic rings. The van der Waals surface area contributed by atoms with Crippen LogP contribution >= 0.6 is 0 Å². The third kappa shape index (κ3) is 2.83. The van der Waals surface area contributed by atoms with E-state index in [1.165, 1.54) is 30.2 Å². The zero-order chi connectivity index (χ0) is 20.7. The number of imide groups is 1. The minimum absolute atomic E-state index is 0.213. The molecule has 0 aliphatic carbocycles. The van der Waals surface area contributed by atoms with E-state index in [1.54, 1.807) is 36.4 Å². The number of β-lactam (4-membered cyclic amide) rings is 1. The van der Waals surface area contributed by atoms with Gasteiger partial charge in [0.05, 0.1) is 29.2 Å². The lowest BCUT2D eigenvalue weighted by Crippen LogP contribution is -2.71. The monoisotopic (exact) mass is 393 g/mol. The van der Waals surface area contributed by atoms with E-state index in [2.05, 4.69) is 0 Å². The number of rotatable bonds is 5. The minimum atomic E-state index is -1.15. The Morgan fingerprint density at radius 3 is 2.07 bits per heavy atom. The predicted octanol–water partition coefficient (Wildman–Crippen LogP) is 1.87. The summed E-state index contributed by atoms with van der Waals surface area (Å²) in [5.41, 5.74) is 0.900. The molecule has 2 aromatic carbocycles. The molecule has 0 radical (unpaired) electrons. The Morgan fingerprint density at radius 1 is 0.966 bits per heavy atom. The van der Waals surface area contributed by atoms with Gasteiger partial charge in [-0.3, -0.25) is 29.4 Å². The standard InChI is InChI=1S/C20H15N3O6/c1-29-13-8-6-12(7-9-13)22-16(10-11-21(27)28)17(20(22)26)23-18(24)14-4-2-3-5-15(14)19(23)25/h2-11,16-17H,1H3/b11-10+/t16-,17+/m1/s1. The Labute approximate surface area is 164 Å². The molecule has 1 saturated heterocycles. The molecule has 9 heteroatoms. The van der Waals surface area contributed by atoms with E-state index in [-0.39, 0.29) is 11.1 Å². The van der Waals surface area contributed by atoms with Gasteiger partial charge in [-0.05, 0) is 36.4 Å². The maximum Gasteiger partial charge on any atom is 0.262 e. The molecule has 29 heavy (non-hydrogen) atoms. The second-order valence-corrected chi connectivity index (χ2v) is 6.49. The van der Waals surface area contributed by atoms with Crippen LogP contribution in [-0.4, -0.2) is 46.7 Å². The second-order valence-electron chi connectivity index (χ2n) is 6.49. The van der Waals surface area contributed by atoms with Gasteiger partial charge < -0.3 is 9.64 Å². The topological polar surface area (TPSA) is 110 Å². The molecule has 0 N–H and O–H groups in total. The lowest BCUT2D eigenvalue weighted by Gasteiger charge is -2.47. The van der Waals surface area contributed by atoms with Crippen LogP contribution in [0.1, 0.15) is 20.7 Å². The number of benzene rings is 2. The SMILES string of the molecule is COc1ccc(N2C(=O)[C@@H](N3C(=O)c4ccccc4C3=O)[C@H]2/C=C/[N+](=O)[O-])cc1. The first-order valence-corrected chi connectivity index (χ1v) is 8.70. The summed E-state index contributed by atoms with van der Waals surface area (Å²) in [6, 6.07) is 10.8. The number of nitrogens with zero attached hydrogens (tertiary/aromatic N) is 3. The van der Waals surface area contributed by atoms with Crippen molar-refractivity contribution < 1.29 is 24.0 Å². The largest absolute Gasteiger partial charge is 0.497 e. The molecule has 4 rings (SSSR count). The maximum atomic E-state index is 12.9. The first-order valence-electron chi connectivity index (χ1n) is 8.70. The highest BCUT2D eigenvalue weighted by Gasteiger charge is 2.56. The minimum Gasteiger partial charge on any atom is -0.497 e. The molecule has 0 unspecified atom stereocenters. The average molecular weight is 393 g/mol. The fourth-order valence-electron chi connectivity index (χ4n) is 3.61. The lowest BCUT2D eigenvalue weighted by atomic mass is 9.92. The number of carbonyl (C=O) groups is 3. The normalized spacial score (nSPS) is 20.8. The number of hydrogen-bond acceptors (Lipinski definition) is 6. The van der Waals surface area contributed by atoms with Crippen LogP contribution in [0.3, 0.4) is 0 Å². The van der Waals surface area contributed by atoms with Crippen molar-refractivity contribution in [3.8, 4) is 5.75 Å². The van der Waals surface area contributed by atoms with Crippen LogP contribution in [-0.2, 0) is 4.79 Å². The van der Waals surface area contributed by atoms with Gasteiger partial charge in [0.25, 0.3) is 17.7 Å². The Morgan fingerprint density at radius 2 is 1.55 bits per heavy atom. The maximum absolute atomic E-state index is 12.9. The van der Waals surface area contributed by atoms with Crippen molar-refractivity contribution in [2.24, 2.45) is 0 Å². The first kappa shape index (κ1) is 18.4. The summed E-state index contributed by atoms with van der Waals surface area (Å²) in [6.07, 6.45) is 1.92. The van der Waals surface area contributed by atoms with Crippen LogP contribution < -0.4 is 9.64 Å². The summed E-state index contributed by atoms with van der Waals surface area (Å²) < 4.78 is 5.10. The van der Waals surface area contributed by atoms with Gasteiger partial charge in [0, 0.05) is 11.8 Å². The third-order valence-corrected chi connectivity index (χ3v) is 4.97. The van der Waals surface area contributed by atoms with Crippen molar-refractivity contribution in [2.45, 2.75) is 12.1 Å². The number of anilines is 1. The average Bonchev–Trinajstić information content (AvgIpc) is 2.97. The summed E-state index contributed by atoms with van der Waals surface area (Å²) >= 11 is 0. The Hall–Kier alpha value is -4.01. The zero-order valence-corrected chi connectivity index (χ0v) is 15.2. The van der Waals surface area contributed by atoms with Crippen LogP contribution in [0.4, 0.5) is 5.69 Å². The fraction of sp³-hybridized carbons (Fsp3) is 0.150. The Kier molecular flexibility index (Phi) is 4.34. The van der Waals surface area contributed by atoms with E-state index in [0.717, 1.165) is 4.90 Å². The second kappa shape index (κ2) is 6.86. The van der Waals surface area contributed by atoms with E-state index in [9.17, 15) is 24.5 Å². The smallest absolute Gasteiger partial charge is 0.262 e. The number of methoxy groups -OCH3 is 1. The number of amides is 3. The molecule has 2 aromatic rings. The zero-order valence-electron chi connectivity index (χ0n) is 15.2. The molecule has 0 saturated carbocycles. The molecule has 0 bridgehead atoms. The Balaban J connectivity index is 1.70. The quantitative estimate of drug-likeness (QED) is 0.332. The van der Waals surface area contributed by atoms with E-state index in [1.807, 2.05) is 0 Å². The number of ether oxygens (including phenoxy) is 1. The summed E-state index contributed by atoms with van der Waals surface area (Å²) in [7, 11) is 1.50. The van der Waals surface area contributed by atoms with Gasteiger partial charge in [0.1, 0.15) is 11.8 Å². The molecule has 146 valence electrons. The van der Waals surface area contributed by atoms with Gasteiger partial charge in [-0.2, -0.15) is 0 Å². The van der Waals surface area contributed by atoms with Gasteiger partial charge in [0.2, 0.25) is 6.20 Å². The first-order chi connectivity index (χ1) is 13.9. The molecule has 0 spiro atoms. The van der Waals surface area contributed by atoms with Gasteiger partial charge in [-0.25, -0.2) is 0 Å². The number of fused-ring (bicyclic) bond motifs is 1. The summed E-state index contributed by atoms with van der Waals surface area (Å²) in [5.74, 6) is -1.09. The number of carbonyl (C=O) groups excluding carboxylic acids is 3. The van der Waals surface area contributed by atoms with Crippen molar-refractivity contribution in [3.63, 3.8) is 0 Å². The summed E-state index contributed by atoms with van der Waals surface area (Å²) in [4.78, 5) is 50.8. The van der Waals surface area contributed by atoms with Crippen molar-refractivity contribution in [1.82, 2.24) is 4.90 Å². The lowest BCUT2D eigenvalue weighted by molar-refractivity contribution is -0.402. The van der Waals surface area contributed by atoms with Crippen molar-refractivity contribution in [2.75, 3.05) is 12.0 Å².